The van der Waals surface area contributed by atoms with Crippen molar-refractivity contribution in [3.63, 3.8) is 0 Å². The fraction of sp³-hybridized carbons (Fsp3) is 0.800. The summed E-state index contributed by atoms with van der Waals surface area (Å²) in [6.07, 6.45) is 3.22. The fourth-order valence-corrected chi connectivity index (χ4v) is 1.63. The maximum Gasteiger partial charge on any atom is 0.156 e. The number of hydrogen-bond acceptors (Lipinski definition) is 3. The maximum atomic E-state index is 10.1. The molecule has 0 amide bonds. The Morgan fingerprint density at radius 1 is 1.50 bits per heavy atom. The van der Waals surface area contributed by atoms with Gasteiger partial charge in [-0.15, -0.1) is 0 Å². The van der Waals surface area contributed by atoms with Crippen LogP contribution in [-0.2, 0) is 0 Å². The van der Waals surface area contributed by atoms with E-state index in [0.29, 0.717) is 5.82 Å². The van der Waals surface area contributed by atoms with Crippen LogP contribution >= 0.6 is 0 Å². The molecule has 1 fully saturated rings. The molecule has 14 heavy (non-hydrogen) atoms. The molecule has 0 spiro atoms. The van der Waals surface area contributed by atoms with Crippen molar-refractivity contribution in [2.75, 3.05) is 0 Å². The normalized spacial score (nSPS) is 21.2. The first kappa shape index (κ1) is 9.65. The molecule has 78 valence electrons. The van der Waals surface area contributed by atoms with E-state index in [2.05, 4.69) is 17.0 Å². The third-order valence-electron chi connectivity index (χ3n) is 3.03. The molecule has 4 heteroatoms. The molecule has 1 aliphatic carbocycles. The minimum absolute atomic E-state index is 0.0413. The lowest BCUT2D eigenvalue weighted by atomic mass is 10.0. The highest BCUT2D eigenvalue weighted by atomic mass is 16.3. The van der Waals surface area contributed by atoms with E-state index in [1.165, 1.54) is 6.33 Å². The smallest absolute Gasteiger partial charge is 0.156 e. The zero-order chi connectivity index (χ0) is 10.3. The fourth-order valence-electron chi connectivity index (χ4n) is 1.63. The molecular weight excluding hydrogens is 178 g/mol. The molecule has 0 saturated heterocycles. The number of hydrogen-bond donors (Lipinski definition) is 1. The van der Waals surface area contributed by atoms with Crippen LogP contribution in [-0.4, -0.2) is 19.9 Å². The Labute approximate surface area is 84.0 Å². The molecule has 1 atom stereocenters. The van der Waals surface area contributed by atoms with Gasteiger partial charge in [0.2, 0.25) is 0 Å². The van der Waals surface area contributed by atoms with E-state index in [4.69, 9.17) is 0 Å². The van der Waals surface area contributed by atoms with Crippen molar-refractivity contribution in [1.82, 2.24) is 14.8 Å². The van der Waals surface area contributed by atoms with Gasteiger partial charge in [0.05, 0.1) is 0 Å². The van der Waals surface area contributed by atoms with Crippen LogP contribution in [0.2, 0.25) is 0 Å². The monoisotopic (exact) mass is 195 g/mol. The Balaban J connectivity index is 2.27. The van der Waals surface area contributed by atoms with Crippen molar-refractivity contribution in [2.24, 2.45) is 5.41 Å². The summed E-state index contributed by atoms with van der Waals surface area (Å²) < 4.78 is 1.80. The van der Waals surface area contributed by atoms with Crippen LogP contribution in [0.5, 0.6) is 0 Å². The van der Waals surface area contributed by atoms with Gasteiger partial charge in [-0.2, -0.15) is 5.10 Å². The molecule has 1 aliphatic rings. The molecule has 2 rings (SSSR count). The lowest BCUT2D eigenvalue weighted by Gasteiger charge is -2.18. The van der Waals surface area contributed by atoms with Crippen molar-refractivity contribution < 1.29 is 5.11 Å². The number of aliphatic hydroxyl groups is 1. The van der Waals surface area contributed by atoms with Crippen LogP contribution < -0.4 is 0 Å². The van der Waals surface area contributed by atoms with Gasteiger partial charge in [0.15, 0.2) is 5.82 Å². The molecule has 1 heterocycles. The molecule has 0 radical (unpaired) electrons. The zero-order valence-electron chi connectivity index (χ0n) is 8.94. The molecule has 0 bridgehead atoms. The Kier molecular flexibility index (Phi) is 2.10. The SMILES string of the molecule is CC(C)n1ncnc1C(O)C1(C)CC1. The molecule has 0 aliphatic heterocycles. The minimum Gasteiger partial charge on any atom is -0.385 e. The number of aliphatic hydroxyl groups excluding tert-OH is 1. The summed E-state index contributed by atoms with van der Waals surface area (Å²) in [6, 6.07) is 0.254. The molecule has 1 unspecified atom stereocenters. The third-order valence-corrected chi connectivity index (χ3v) is 3.03. The van der Waals surface area contributed by atoms with E-state index in [9.17, 15) is 5.11 Å². The van der Waals surface area contributed by atoms with E-state index < -0.39 is 6.10 Å². The van der Waals surface area contributed by atoms with Gasteiger partial charge < -0.3 is 5.11 Å². The Bertz CT molecular complexity index is 328. The Morgan fingerprint density at radius 3 is 2.64 bits per heavy atom. The van der Waals surface area contributed by atoms with Crippen molar-refractivity contribution in [3.05, 3.63) is 12.2 Å². The second kappa shape index (κ2) is 3.05. The molecule has 1 aromatic rings. The Morgan fingerprint density at radius 2 is 2.14 bits per heavy atom. The first-order valence-corrected chi connectivity index (χ1v) is 5.12. The van der Waals surface area contributed by atoms with E-state index in [0.717, 1.165) is 12.8 Å². The summed E-state index contributed by atoms with van der Waals surface area (Å²) in [7, 11) is 0. The van der Waals surface area contributed by atoms with Crippen molar-refractivity contribution in [2.45, 2.75) is 45.8 Å². The van der Waals surface area contributed by atoms with Crippen LogP contribution in [0.25, 0.3) is 0 Å². The molecule has 1 saturated carbocycles. The van der Waals surface area contributed by atoms with E-state index in [1.807, 2.05) is 13.8 Å². The predicted molar refractivity (Wildman–Crippen MR) is 52.7 cm³/mol. The first-order chi connectivity index (χ1) is 6.54. The largest absolute Gasteiger partial charge is 0.385 e. The van der Waals surface area contributed by atoms with E-state index in [1.54, 1.807) is 4.68 Å². The standard InChI is InChI=1S/C10H17N3O/c1-7(2)13-9(11-6-12-13)8(14)10(3)4-5-10/h6-8,14H,4-5H2,1-3H3. The maximum absolute atomic E-state index is 10.1. The average Bonchev–Trinajstić information content (AvgIpc) is 2.69. The van der Waals surface area contributed by atoms with Crippen LogP contribution in [0, 0.1) is 5.41 Å². The van der Waals surface area contributed by atoms with E-state index in [-0.39, 0.29) is 11.5 Å². The average molecular weight is 195 g/mol. The number of aromatic nitrogens is 3. The van der Waals surface area contributed by atoms with Crippen molar-refractivity contribution in [1.29, 1.82) is 0 Å². The summed E-state index contributed by atoms with van der Waals surface area (Å²) in [5, 5.41) is 14.2. The first-order valence-electron chi connectivity index (χ1n) is 5.12. The van der Waals surface area contributed by atoms with Gasteiger partial charge in [0, 0.05) is 11.5 Å². The zero-order valence-corrected chi connectivity index (χ0v) is 8.94. The van der Waals surface area contributed by atoms with Crippen molar-refractivity contribution in [3.8, 4) is 0 Å². The lowest BCUT2D eigenvalue weighted by molar-refractivity contribution is 0.0884. The molecular formula is C10H17N3O. The summed E-state index contributed by atoms with van der Waals surface area (Å²) in [5.41, 5.74) is 0.0413. The van der Waals surface area contributed by atoms with Crippen LogP contribution in [0.4, 0.5) is 0 Å². The minimum atomic E-state index is -0.465. The highest BCUT2D eigenvalue weighted by Gasteiger charge is 2.46. The number of rotatable bonds is 3. The van der Waals surface area contributed by atoms with Gasteiger partial charge in [0.1, 0.15) is 12.4 Å². The second-order valence-electron chi connectivity index (χ2n) is 4.71. The van der Waals surface area contributed by atoms with Crippen LogP contribution in [0.1, 0.15) is 51.6 Å². The van der Waals surface area contributed by atoms with Crippen molar-refractivity contribution >= 4 is 0 Å². The van der Waals surface area contributed by atoms with Crippen LogP contribution in [0.15, 0.2) is 6.33 Å². The Hall–Kier alpha value is -0.900. The highest BCUT2D eigenvalue weighted by Crippen LogP contribution is 2.54. The molecule has 1 aromatic heterocycles. The highest BCUT2D eigenvalue weighted by molar-refractivity contribution is 5.05. The number of nitrogens with zero attached hydrogens (tertiary/aromatic N) is 3. The van der Waals surface area contributed by atoms with Gasteiger partial charge in [-0.1, -0.05) is 6.92 Å². The summed E-state index contributed by atoms with van der Waals surface area (Å²) in [5.74, 6) is 0.708. The van der Waals surface area contributed by atoms with Gasteiger partial charge in [-0.3, -0.25) is 0 Å². The van der Waals surface area contributed by atoms with Gasteiger partial charge in [-0.25, -0.2) is 9.67 Å². The topological polar surface area (TPSA) is 50.9 Å². The lowest BCUT2D eigenvalue weighted by Crippen LogP contribution is -2.18. The van der Waals surface area contributed by atoms with Crippen LogP contribution in [0.3, 0.4) is 0 Å². The van der Waals surface area contributed by atoms with E-state index >= 15 is 0 Å². The second-order valence-corrected chi connectivity index (χ2v) is 4.71. The van der Waals surface area contributed by atoms with Gasteiger partial charge in [0.25, 0.3) is 0 Å². The third kappa shape index (κ3) is 1.43. The molecule has 4 nitrogen and oxygen atoms in total. The summed E-state index contributed by atoms with van der Waals surface area (Å²) >= 11 is 0. The molecule has 0 aromatic carbocycles. The quantitative estimate of drug-likeness (QED) is 0.798. The molecule has 1 N–H and O–H groups in total. The predicted octanol–water partition coefficient (Wildman–Crippen LogP) is 1.69. The summed E-state index contributed by atoms with van der Waals surface area (Å²) in [6.45, 7) is 6.18. The van der Waals surface area contributed by atoms with Gasteiger partial charge >= 0.3 is 0 Å². The summed E-state index contributed by atoms with van der Waals surface area (Å²) in [4.78, 5) is 4.15. The van der Waals surface area contributed by atoms with Gasteiger partial charge in [-0.05, 0) is 26.7 Å².